The van der Waals surface area contributed by atoms with Crippen molar-refractivity contribution in [3.8, 4) is 11.3 Å². The summed E-state index contributed by atoms with van der Waals surface area (Å²) >= 11 is 0. The fraction of sp³-hybridized carbons (Fsp3) is 0.348. The van der Waals surface area contributed by atoms with Gasteiger partial charge in [-0.15, -0.1) is 0 Å². The first-order valence-corrected chi connectivity index (χ1v) is 10.6. The first-order chi connectivity index (χ1) is 15.0. The van der Waals surface area contributed by atoms with Gasteiger partial charge in [-0.2, -0.15) is 0 Å². The number of aryl methyl sites for hydroxylation is 1. The number of fused-ring (bicyclic) bond motifs is 3. The molecular formula is C23H22FN5O2. The van der Waals surface area contributed by atoms with Gasteiger partial charge in [0, 0.05) is 50.4 Å². The monoisotopic (exact) mass is 419 g/mol. The summed E-state index contributed by atoms with van der Waals surface area (Å²) in [5.74, 6) is -0.101. The second-order valence-corrected chi connectivity index (χ2v) is 8.41. The van der Waals surface area contributed by atoms with Gasteiger partial charge in [0.25, 0.3) is 5.56 Å². The van der Waals surface area contributed by atoms with Crippen molar-refractivity contribution in [1.29, 1.82) is 0 Å². The van der Waals surface area contributed by atoms with Gasteiger partial charge in [-0.3, -0.25) is 14.1 Å². The van der Waals surface area contributed by atoms with Crippen LogP contribution >= 0.6 is 0 Å². The molecule has 2 aliphatic heterocycles. The van der Waals surface area contributed by atoms with E-state index in [1.54, 1.807) is 17.4 Å². The van der Waals surface area contributed by atoms with Gasteiger partial charge in [0.2, 0.25) is 0 Å². The molecule has 0 spiro atoms. The number of benzene rings is 1. The zero-order valence-electron chi connectivity index (χ0n) is 17.2. The Kier molecular flexibility index (Phi) is 4.11. The van der Waals surface area contributed by atoms with E-state index >= 15 is 0 Å². The van der Waals surface area contributed by atoms with E-state index in [9.17, 15) is 9.18 Å². The van der Waals surface area contributed by atoms with Crippen molar-refractivity contribution in [3.63, 3.8) is 0 Å². The summed E-state index contributed by atoms with van der Waals surface area (Å²) in [6.45, 7) is 5.87. The van der Waals surface area contributed by atoms with Crippen molar-refractivity contribution in [2.45, 2.75) is 25.8 Å². The number of pyridine rings is 1. The number of anilines is 1. The molecule has 0 radical (unpaired) electrons. The summed E-state index contributed by atoms with van der Waals surface area (Å²) in [5.41, 5.74) is 2.78. The van der Waals surface area contributed by atoms with Crippen LogP contribution in [-0.4, -0.2) is 51.5 Å². The van der Waals surface area contributed by atoms with Crippen LogP contribution in [0.25, 0.3) is 28.0 Å². The van der Waals surface area contributed by atoms with Crippen molar-refractivity contribution in [1.82, 2.24) is 19.3 Å². The van der Waals surface area contributed by atoms with Gasteiger partial charge >= 0.3 is 0 Å². The second-order valence-electron chi connectivity index (χ2n) is 8.41. The van der Waals surface area contributed by atoms with Crippen LogP contribution in [0.4, 0.5) is 10.1 Å². The van der Waals surface area contributed by atoms with Crippen LogP contribution in [0.5, 0.6) is 0 Å². The molecule has 0 amide bonds. The first-order valence-electron chi connectivity index (χ1n) is 10.6. The van der Waals surface area contributed by atoms with Gasteiger partial charge in [-0.05, 0) is 43.7 Å². The Morgan fingerprint density at radius 1 is 1.13 bits per heavy atom. The number of oxazole rings is 1. The van der Waals surface area contributed by atoms with Crippen molar-refractivity contribution in [3.05, 3.63) is 58.6 Å². The smallest absolute Gasteiger partial charge is 0.258 e. The molecule has 7 nitrogen and oxygen atoms in total. The van der Waals surface area contributed by atoms with Crippen molar-refractivity contribution in [2.24, 2.45) is 0 Å². The Balaban J connectivity index is 1.38. The van der Waals surface area contributed by atoms with Gasteiger partial charge in [-0.25, -0.2) is 14.4 Å². The van der Waals surface area contributed by atoms with E-state index in [4.69, 9.17) is 4.42 Å². The van der Waals surface area contributed by atoms with Gasteiger partial charge in [0.1, 0.15) is 11.2 Å². The van der Waals surface area contributed by atoms with Crippen LogP contribution < -0.4 is 10.5 Å². The zero-order valence-corrected chi connectivity index (χ0v) is 17.2. The molecule has 6 rings (SSSR count). The van der Waals surface area contributed by atoms with Crippen molar-refractivity contribution >= 4 is 22.4 Å². The minimum atomic E-state index is -0.493. The molecule has 2 fully saturated rings. The van der Waals surface area contributed by atoms with Crippen LogP contribution in [0.1, 0.15) is 18.7 Å². The molecule has 8 heteroatoms. The molecule has 4 aromatic rings. The molecule has 1 atom stereocenters. The Labute approximate surface area is 177 Å². The number of hydrogen-bond acceptors (Lipinski definition) is 6. The van der Waals surface area contributed by atoms with E-state index in [-0.39, 0.29) is 11.1 Å². The van der Waals surface area contributed by atoms with Crippen molar-refractivity contribution < 1.29 is 8.81 Å². The fourth-order valence-electron chi connectivity index (χ4n) is 4.90. The Morgan fingerprint density at radius 2 is 2.03 bits per heavy atom. The molecule has 2 saturated heterocycles. The molecule has 5 heterocycles. The zero-order chi connectivity index (χ0) is 21.1. The quantitative estimate of drug-likeness (QED) is 0.497. The largest absolute Gasteiger partial charge is 0.441 e. The molecule has 0 saturated carbocycles. The van der Waals surface area contributed by atoms with E-state index in [1.165, 1.54) is 31.5 Å². The molecule has 158 valence electrons. The lowest BCUT2D eigenvalue weighted by Gasteiger charge is -2.38. The number of rotatable bonds is 2. The predicted molar refractivity (Wildman–Crippen MR) is 116 cm³/mol. The molecule has 0 aliphatic carbocycles. The summed E-state index contributed by atoms with van der Waals surface area (Å²) < 4.78 is 21.5. The fourth-order valence-corrected chi connectivity index (χ4v) is 4.90. The summed E-state index contributed by atoms with van der Waals surface area (Å²) in [7, 11) is 0. The molecule has 31 heavy (non-hydrogen) atoms. The number of nitrogens with zero attached hydrogens (tertiary/aromatic N) is 5. The summed E-state index contributed by atoms with van der Waals surface area (Å²) in [6, 6.07) is 8.93. The standard InChI is InChI=1S/C23H22FN5O2/c1-14-25-23-18(24)9-15(10-20(23)31-14)19-11-22(30)29-13-17(4-5-21(29)26-19)28-8-7-27-6-2-3-16(27)12-28/h4-5,9-11,13,16H,2-3,6-8,12H2,1H3/t16-/m0/s1. The maximum atomic E-state index is 14.5. The van der Waals surface area contributed by atoms with Crippen LogP contribution in [0.3, 0.4) is 0 Å². The van der Waals surface area contributed by atoms with Crippen LogP contribution in [-0.2, 0) is 0 Å². The lowest BCUT2D eigenvalue weighted by molar-refractivity contribution is 0.231. The maximum absolute atomic E-state index is 14.5. The van der Waals surface area contributed by atoms with E-state index in [1.807, 2.05) is 18.3 Å². The molecule has 0 unspecified atom stereocenters. The highest BCUT2D eigenvalue weighted by Crippen LogP contribution is 2.28. The summed E-state index contributed by atoms with van der Waals surface area (Å²) in [5, 5.41) is 0. The molecule has 0 bridgehead atoms. The lowest BCUT2D eigenvalue weighted by atomic mass is 10.1. The van der Waals surface area contributed by atoms with E-state index in [0.29, 0.717) is 34.4 Å². The Hall–Kier alpha value is -3.26. The third-order valence-corrected chi connectivity index (χ3v) is 6.45. The SMILES string of the molecule is Cc1nc2c(F)cc(-c3cc(=O)n4cc(N5CCN6CCC[C@H]6C5)ccc4n3)cc2o1. The summed E-state index contributed by atoms with van der Waals surface area (Å²) in [4.78, 5) is 26.5. The predicted octanol–water partition coefficient (Wildman–Crippen LogP) is 3.23. The average Bonchev–Trinajstić information content (AvgIpc) is 3.38. The molecule has 3 aromatic heterocycles. The molecule has 2 aliphatic rings. The summed E-state index contributed by atoms with van der Waals surface area (Å²) in [6.07, 6.45) is 4.37. The van der Waals surface area contributed by atoms with Gasteiger partial charge in [-0.1, -0.05) is 0 Å². The van der Waals surface area contributed by atoms with Gasteiger partial charge < -0.3 is 9.32 Å². The number of aromatic nitrogens is 3. The number of halogens is 1. The lowest BCUT2D eigenvalue weighted by Crippen LogP contribution is -2.50. The van der Waals surface area contributed by atoms with Gasteiger partial charge in [0.15, 0.2) is 17.3 Å². The van der Waals surface area contributed by atoms with E-state index < -0.39 is 5.82 Å². The number of hydrogen-bond donors (Lipinski definition) is 0. The minimum Gasteiger partial charge on any atom is -0.441 e. The highest BCUT2D eigenvalue weighted by Gasteiger charge is 2.30. The Morgan fingerprint density at radius 3 is 2.94 bits per heavy atom. The highest BCUT2D eigenvalue weighted by molar-refractivity contribution is 5.80. The highest BCUT2D eigenvalue weighted by atomic mass is 19.1. The van der Waals surface area contributed by atoms with Gasteiger partial charge in [0.05, 0.1) is 11.4 Å². The van der Waals surface area contributed by atoms with Crippen molar-refractivity contribution in [2.75, 3.05) is 31.1 Å². The Bertz CT molecular complexity index is 1380. The number of piperazine rings is 1. The molecule has 0 N–H and O–H groups in total. The third kappa shape index (κ3) is 3.09. The van der Waals surface area contributed by atoms with Crippen LogP contribution in [0, 0.1) is 12.7 Å². The van der Waals surface area contributed by atoms with Crippen LogP contribution in [0.2, 0.25) is 0 Å². The van der Waals surface area contributed by atoms with E-state index in [0.717, 1.165) is 25.3 Å². The maximum Gasteiger partial charge on any atom is 0.258 e. The van der Waals surface area contributed by atoms with E-state index in [2.05, 4.69) is 19.8 Å². The molecular weight excluding hydrogens is 397 g/mol. The van der Waals surface area contributed by atoms with Crippen LogP contribution in [0.15, 0.2) is 45.7 Å². The minimum absolute atomic E-state index is 0.186. The average molecular weight is 419 g/mol. The first kappa shape index (κ1) is 18.5. The third-order valence-electron chi connectivity index (χ3n) is 6.45. The topological polar surface area (TPSA) is 66.9 Å². The normalized spacial score (nSPS) is 19.4. The molecule has 1 aromatic carbocycles. The second kappa shape index (κ2) is 6.88.